The minimum atomic E-state index is 0.596. The maximum atomic E-state index is 6.26. The molecular formula is C17H13BrClNO. The summed E-state index contributed by atoms with van der Waals surface area (Å²) >= 11 is 9.79. The Kier molecular flexibility index (Phi) is 3.87. The van der Waals surface area contributed by atoms with Gasteiger partial charge < -0.3 is 4.74 Å². The maximum Gasteiger partial charge on any atom is 0.214 e. The van der Waals surface area contributed by atoms with Crippen LogP contribution in [-0.2, 0) is 0 Å². The molecule has 106 valence electrons. The highest BCUT2D eigenvalue weighted by Crippen LogP contribution is 2.36. The SMILES string of the molecule is COc1cc(-c2cccc(Cl)c2C)c2cc(Br)ccc2n1. The van der Waals surface area contributed by atoms with Crippen LogP contribution >= 0.6 is 27.5 Å². The first-order chi connectivity index (χ1) is 10.1. The Labute approximate surface area is 136 Å². The van der Waals surface area contributed by atoms with Gasteiger partial charge in [0.2, 0.25) is 5.88 Å². The molecule has 0 aliphatic rings. The Morgan fingerprint density at radius 3 is 2.67 bits per heavy atom. The van der Waals surface area contributed by atoms with Crippen molar-refractivity contribution in [1.29, 1.82) is 0 Å². The van der Waals surface area contributed by atoms with Gasteiger partial charge in [0.15, 0.2) is 0 Å². The van der Waals surface area contributed by atoms with E-state index in [-0.39, 0.29) is 0 Å². The number of ether oxygens (including phenoxy) is 1. The highest BCUT2D eigenvalue weighted by molar-refractivity contribution is 9.10. The normalized spacial score (nSPS) is 10.9. The standard InChI is InChI=1S/C17H13BrClNO/c1-10-12(4-3-5-15(10)19)13-9-17(21-2)20-16-7-6-11(18)8-14(13)16/h3-9H,1-2H3. The summed E-state index contributed by atoms with van der Waals surface area (Å²) in [4.78, 5) is 4.50. The monoisotopic (exact) mass is 361 g/mol. The largest absolute Gasteiger partial charge is 0.481 e. The van der Waals surface area contributed by atoms with Gasteiger partial charge in [-0.25, -0.2) is 4.98 Å². The summed E-state index contributed by atoms with van der Waals surface area (Å²) in [6.45, 7) is 2.02. The molecule has 0 saturated carbocycles. The van der Waals surface area contributed by atoms with Gasteiger partial charge in [-0.2, -0.15) is 0 Å². The highest BCUT2D eigenvalue weighted by Gasteiger charge is 2.12. The van der Waals surface area contributed by atoms with Gasteiger partial charge in [0, 0.05) is 20.9 Å². The van der Waals surface area contributed by atoms with Gasteiger partial charge in [-0.15, -0.1) is 0 Å². The van der Waals surface area contributed by atoms with Crippen molar-refractivity contribution in [2.75, 3.05) is 7.11 Å². The third-order valence-corrected chi connectivity index (χ3v) is 4.42. The summed E-state index contributed by atoms with van der Waals surface area (Å²) in [5.74, 6) is 0.596. The molecule has 0 bridgehead atoms. The van der Waals surface area contributed by atoms with Crippen molar-refractivity contribution in [1.82, 2.24) is 4.98 Å². The van der Waals surface area contributed by atoms with E-state index in [9.17, 15) is 0 Å². The van der Waals surface area contributed by atoms with E-state index in [1.807, 2.05) is 37.3 Å². The van der Waals surface area contributed by atoms with Crippen molar-refractivity contribution < 1.29 is 4.74 Å². The number of hydrogen-bond acceptors (Lipinski definition) is 2. The fourth-order valence-electron chi connectivity index (χ4n) is 2.40. The minimum Gasteiger partial charge on any atom is -0.481 e. The predicted octanol–water partition coefficient (Wildman–Crippen LogP) is 5.63. The fraction of sp³-hybridized carbons (Fsp3) is 0.118. The van der Waals surface area contributed by atoms with E-state index in [2.05, 4.69) is 33.0 Å². The Morgan fingerprint density at radius 2 is 1.90 bits per heavy atom. The summed E-state index contributed by atoms with van der Waals surface area (Å²) in [6.07, 6.45) is 0. The lowest BCUT2D eigenvalue weighted by Crippen LogP contribution is -1.93. The van der Waals surface area contributed by atoms with Crippen molar-refractivity contribution in [2.45, 2.75) is 6.92 Å². The van der Waals surface area contributed by atoms with Crippen LogP contribution in [-0.4, -0.2) is 12.1 Å². The summed E-state index contributed by atoms with van der Waals surface area (Å²) in [5, 5.41) is 1.82. The van der Waals surface area contributed by atoms with Gasteiger partial charge in [-0.1, -0.05) is 39.7 Å². The molecule has 0 radical (unpaired) electrons. The van der Waals surface area contributed by atoms with Crippen LogP contribution < -0.4 is 4.74 Å². The molecule has 0 amide bonds. The smallest absolute Gasteiger partial charge is 0.214 e. The van der Waals surface area contributed by atoms with Crippen LogP contribution in [0.2, 0.25) is 5.02 Å². The lowest BCUT2D eigenvalue weighted by atomic mass is 9.97. The lowest BCUT2D eigenvalue weighted by molar-refractivity contribution is 0.400. The average Bonchev–Trinajstić information content (AvgIpc) is 2.49. The van der Waals surface area contributed by atoms with Gasteiger partial charge in [0.25, 0.3) is 0 Å². The Morgan fingerprint density at radius 1 is 1.10 bits per heavy atom. The van der Waals surface area contributed by atoms with Crippen LogP contribution in [0.3, 0.4) is 0 Å². The molecule has 0 aliphatic carbocycles. The number of methoxy groups -OCH3 is 1. The summed E-state index contributed by atoms with van der Waals surface area (Å²) in [5.41, 5.74) is 4.10. The molecule has 1 heterocycles. The van der Waals surface area contributed by atoms with Crippen LogP contribution in [0.5, 0.6) is 5.88 Å². The first kappa shape index (κ1) is 14.4. The van der Waals surface area contributed by atoms with Gasteiger partial charge in [-0.05, 0) is 47.9 Å². The van der Waals surface area contributed by atoms with Gasteiger partial charge in [0.1, 0.15) is 0 Å². The van der Waals surface area contributed by atoms with E-state index in [4.69, 9.17) is 16.3 Å². The van der Waals surface area contributed by atoms with Crippen LogP contribution in [0.4, 0.5) is 0 Å². The molecule has 21 heavy (non-hydrogen) atoms. The number of pyridine rings is 1. The molecule has 0 N–H and O–H groups in total. The van der Waals surface area contributed by atoms with Crippen molar-refractivity contribution >= 4 is 38.4 Å². The van der Waals surface area contributed by atoms with E-state index < -0.39 is 0 Å². The molecule has 0 spiro atoms. The maximum absolute atomic E-state index is 6.26. The van der Waals surface area contributed by atoms with E-state index in [1.54, 1.807) is 7.11 Å². The quantitative estimate of drug-likeness (QED) is 0.589. The number of aromatic nitrogens is 1. The Bertz CT molecular complexity index is 832. The molecule has 1 aromatic heterocycles. The number of nitrogens with zero attached hydrogens (tertiary/aromatic N) is 1. The van der Waals surface area contributed by atoms with Crippen LogP contribution in [0, 0.1) is 6.92 Å². The van der Waals surface area contributed by atoms with Crippen molar-refractivity contribution in [3.8, 4) is 17.0 Å². The highest BCUT2D eigenvalue weighted by atomic mass is 79.9. The molecule has 3 aromatic rings. The molecular weight excluding hydrogens is 350 g/mol. The number of halogens is 2. The number of hydrogen-bond donors (Lipinski definition) is 0. The predicted molar refractivity (Wildman–Crippen MR) is 91.2 cm³/mol. The van der Waals surface area contributed by atoms with E-state index in [1.165, 1.54) is 0 Å². The third kappa shape index (κ3) is 2.63. The van der Waals surface area contributed by atoms with Crippen molar-refractivity contribution in [3.05, 3.63) is 57.5 Å². The Balaban J connectivity index is 2.39. The summed E-state index contributed by atoms with van der Waals surface area (Å²) in [6, 6.07) is 13.9. The Hall–Kier alpha value is -1.58. The first-order valence-corrected chi connectivity index (χ1v) is 7.67. The van der Waals surface area contributed by atoms with E-state index >= 15 is 0 Å². The molecule has 0 unspecified atom stereocenters. The van der Waals surface area contributed by atoms with Gasteiger partial charge >= 0.3 is 0 Å². The number of fused-ring (bicyclic) bond motifs is 1. The zero-order valence-electron chi connectivity index (χ0n) is 11.7. The fourth-order valence-corrected chi connectivity index (χ4v) is 2.94. The van der Waals surface area contributed by atoms with E-state index in [0.717, 1.165) is 37.1 Å². The van der Waals surface area contributed by atoms with Crippen LogP contribution in [0.1, 0.15) is 5.56 Å². The summed E-state index contributed by atoms with van der Waals surface area (Å²) < 4.78 is 6.35. The second-order valence-electron chi connectivity index (χ2n) is 4.79. The topological polar surface area (TPSA) is 22.1 Å². The first-order valence-electron chi connectivity index (χ1n) is 6.50. The molecule has 2 nitrogen and oxygen atoms in total. The van der Waals surface area contributed by atoms with Crippen molar-refractivity contribution in [2.24, 2.45) is 0 Å². The van der Waals surface area contributed by atoms with E-state index in [0.29, 0.717) is 5.88 Å². The molecule has 0 saturated heterocycles. The number of rotatable bonds is 2. The molecule has 4 heteroatoms. The number of benzene rings is 2. The van der Waals surface area contributed by atoms with Crippen LogP contribution in [0.25, 0.3) is 22.0 Å². The third-order valence-electron chi connectivity index (χ3n) is 3.51. The zero-order chi connectivity index (χ0) is 15.0. The minimum absolute atomic E-state index is 0.596. The average molecular weight is 363 g/mol. The molecule has 3 rings (SSSR count). The van der Waals surface area contributed by atoms with Crippen molar-refractivity contribution in [3.63, 3.8) is 0 Å². The van der Waals surface area contributed by atoms with Gasteiger partial charge in [-0.3, -0.25) is 0 Å². The van der Waals surface area contributed by atoms with Gasteiger partial charge in [0.05, 0.1) is 12.6 Å². The molecule has 0 atom stereocenters. The zero-order valence-corrected chi connectivity index (χ0v) is 14.0. The second-order valence-corrected chi connectivity index (χ2v) is 6.11. The molecule has 0 fully saturated rings. The lowest BCUT2D eigenvalue weighted by Gasteiger charge is -2.12. The van der Waals surface area contributed by atoms with Crippen LogP contribution in [0.15, 0.2) is 46.9 Å². The molecule has 2 aromatic carbocycles. The second kappa shape index (κ2) is 5.66. The molecule has 0 aliphatic heterocycles. The summed E-state index contributed by atoms with van der Waals surface area (Å²) in [7, 11) is 1.63.